The molecule has 0 aliphatic carbocycles. The number of anilines is 1. The maximum absolute atomic E-state index is 13.6. The van der Waals surface area contributed by atoms with Gasteiger partial charge in [-0.25, -0.2) is 4.68 Å². The van der Waals surface area contributed by atoms with Gasteiger partial charge in [-0.05, 0) is 29.8 Å². The molecule has 0 spiro atoms. The molecule has 8 nitrogen and oxygen atoms in total. The van der Waals surface area contributed by atoms with Crippen LogP contribution in [0.2, 0.25) is 0 Å². The normalized spacial score (nSPS) is 17.2. The summed E-state index contributed by atoms with van der Waals surface area (Å²) in [5, 5.41) is 4.80. The Balaban J connectivity index is 1.56. The molecular formula is C27H26N4O4S. The highest BCUT2D eigenvalue weighted by Gasteiger charge is 2.37. The van der Waals surface area contributed by atoms with Gasteiger partial charge in [-0.2, -0.15) is 15.7 Å². The number of hydrogen-bond acceptors (Lipinski definition) is 6. The number of nitrogens with two attached hydrogens (primary N) is 1. The van der Waals surface area contributed by atoms with E-state index in [0.717, 1.165) is 16.8 Å². The third-order valence-electron chi connectivity index (χ3n) is 6.69. The van der Waals surface area contributed by atoms with Crippen molar-refractivity contribution in [3.05, 3.63) is 84.1 Å². The molecule has 2 aliphatic heterocycles. The molecule has 0 saturated carbocycles. The average Bonchev–Trinajstić information content (AvgIpc) is 3.28. The number of fused-ring (bicyclic) bond motifs is 3. The van der Waals surface area contributed by atoms with Crippen LogP contribution < -0.4 is 5.73 Å². The topological polar surface area (TPSA) is 114 Å². The lowest BCUT2D eigenvalue weighted by atomic mass is 10.0. The van der Waals surface area contributed by atoms with Gasteiger partial charge >= 0.3 is 0 Å². The van der Waals surface area contributed by atoms with Gasteiger partial charge < -0.3 is 15.4 Å². The molecule has 0 atom stereocenters. The zero-order valence-corrected chi connectivity index (χ0v) is 20.3. The Kier molecular flexibility index (Phi) is 5.57. The number of morpholine rings is 1. The van der Waals surface area contributed by atoms with E-state index in [-0.39, 0.29) is 17.4 Å². The Morgan fingerprint density at radius 3 is 2.44 bits per heavy atom. The average molecular weight is 503 g/mol. The van der Waals surface area contributed by atoms with Gasteiger partial charge in [-0.1, -0.05) is 48.5 Å². The van der Waals surface area contributed by atoms with Crippen LogP contribution >= 0.6 is 10.6 Å². The Morgan fingerprint density at radius 1 is 0.944 bits per heavy atom. The highest BCUT2D eigenvalue weighted by Crippen LogP contribution is 2.60. The molecule has 4 N–H and O–H groups in total. The van der Waals surface area contributed by atoms with E-state index in [4.69, 9.17) is 15.6 Å². The van der Waals surface area contributed by atoms with E-state index in [1.165, 1.54) is 0 Å². The van der Waals surface area contributed by atoms with Crippen molar-refractivity contribution in [2.75, 3.05) is 32.0 Å². The number of nitrogens with zero attached hydrogens (tertiary/aromatic N) is 3. The number of ether oxygens (including phenoxy) is 1. The number of carbonyl (C=O) groups is 1. The number of amides is 1. The first-order chi connectivity index (χ1) is 17.4. The summed E-state index contributed by atoms with van der Waals surface area (Å²) < 4.78 is 29.2. The number of rotatable bonds is 3. The minimum atomic E-state index is -3.13. The van der Waals surface area contributed by atoms with E-state index in [9.17, 15) is 13.9 Å². The summed E-state index contributed by atoms with van der Waals surface area (Å²) in [5.41, 5.74) is 11.6. The van der Waals surface area contributed by atoms with Crippen LogP contribution in [0.3, 0.4) is 0 Å². The molecule has 184 valence electrons. The smallest absolute Gasteiger partial charge is 0.274 e. The lowest BCUT2D eigenvalue weighted by Crippen LogP contribution is -2.41. The van der Waals surface area contributed by atoms with Gasteiger partial charge in [0.1, 0.15) is 0 Å². The third-order valence-corrected chi connectivity index (χ3v) is 8.44. The highest BCUT2D eigenvalue weighted by atomic mass is 32.3. The second-order valence-electron chi connectivity index (χ2n) is 8.94. The fraction of sp³-hybridized carbons (Fsp3) is 0.185. The van der Waals surface area contributed by atoms with Crippen molar-refractivity contribution in [1.29, 1.82) is 0 Å². The molecular weight excluding hydrogens is 476 g/mol. The summed E-state index contributed by atoms with van der Waals surface area (Å²) in [6.45, 7) is 1.87. The van der Waals surface area contributed by atoms with Crippen molar-refractivity contribution >= 4 is 22.2 Å². The van der Waals surface area contributed by atoms with Crippen molar-refractivity contribution in [3.8, 4) is 28.1 Å². The predicted molar refractivity (Wildman–Crippen MR) is 140 cm³/mol. The van der Waals surface area contributed by atoms with E-state index in [1.807, 2.05) is 60.7 Å². The fourth-order valence-electron chi connectivity index (χ4n) is 4.93. The van der Waals surface area contributed by atoms with Crippen LogP contribution in [-0.4, -0.2) is 56.0 Å². The summed E-state index contributed by atoms with van der Waals surface area (Å²) in [6.07, 6.45) is 0. The van der Waals surface area contributed by atoms with Gasteiger partial charge in [-0.15, -0.1) is 0 Å². The fourth-order valence-corrected chi connectivity index (χ4v) is 6.57. The van der Waals surface area contributed by atoms with Crippen molar-refractivity contribution in [1.82, 2.24) is 14.7 Å². The Morgan fingerprint density at radius 2 is 1.67 bits per heavy atom. The van der Waals surface area contributed by atoms with Crippen molar-refractivity contribution in [2.24, 2.45) is 0 Å². The second-order valence-corrected chi connectivity index (χ2v) is 11.0. The van der Waals surface area contributed by atoms with Crippen molar-refractivity contribution < 1.29 is 18.6 Å². The summed E-state index contributed by atoms with van der Waals surface area (Å²) in [6, 6.07) is 22.7. The van der Waals surface area contributed by atoms with E-state index >= 15 is 0 Å². The molecule has 9 heteroatoms. The van der Waals surface area contributed by atoms with E-state index in [0.29, 0.717) is 53.7 Å². The first kappa shape index (κ1) is 22.8. The molecule has 0 unspecified atom stereocenters. The first-order valence-corrected chi connectivity index (χ1v) is 13.5. The maximum Gasteiger partial charge on any atom is 0.274 e. The summed E-state index contributed by atoms with van der Waals surface area (Å²) in [4.78, 5) is 15.8. The van der Waals surface area contributed by atoms with Gasteiger partial charge in [0.25, 0.3) is 5.91 Å². The number of nitrogen functional groups attached to an aromatic ring is 1. The summed E-state index contributed by atoms with van der Waals surface area (Å²) in [5.74, 6) is -0.290. The molecule has 4 aromatic rings. The molecule has 0 radical (unpaired) electrons. The van der Waals surface area contributed by atoms with Crippen molar-refractivity contribution in [2.45, 2.75) is 10.6 Å². The molecule has 0 bridgehead atoms. The number of hydrogen-bond donors (Lipinski definition) is 3. The third kappa shape index (κ3) is 3.77. The quantitative estimate of drug-likeness (QED) is 0.344. The molecule has 1 saturated heterocycles. The Labute approximate surface area is 210 Å². The van der Waals surface area contributed by atoms with Gasteiger partial charge in [0.05, 0.1) is 35.2 Å². The minimum absolute atomic E-state index is 0.0594. The zero-order chi connectivity index (χ0) is 24.9. The van der Waals surface area contributed by atoms with E-state index in [2.05, 4.69) is 0 Å². The molecule has 1 fully saturated rings. The number of benzene rings is 3. The molecule has 1 aromatic heterocycles. The lowest BCUT2D eigenvalue weighted by Gasteiger charge is -2.38. The number of carbonyl (C=O) groups excluding carboxylic acids is 1. The zero-order valence-electron chi connectivity index (χ0n) is 19.5. The van der Waals surface area contributed by atoms with Crippen LogP contribution in [0.5, 0.6) is 0 Å². The largest absolute Gasteiger partial charge is 0.398 e. The Bertz CT molecular complexity index is 1480. The Hall–Kier alpha value is -3.63. The molecule has 6 rings (SSSR count). The molecule has 2 aliphatic rings. The SMILES string of the molecule is Nc1ccccc1-c1cccc(-n2nc(C(=O)N3CCOCC3)c3c2-c2ccccc2S(O)(O)C3)c1. The van der Waals surface area contributed by atoms with Gasteiger partial charge in [0.2, 0.25) is 0 Å². The van der Waals surface area contributed by atoms with Crippen LogP contribution in [0.4, 0.5) is 5.69 Å². The predicted octanol–water partition coefficient (Wildman–Crippen LogP) is 4.88. The standard InChI is InChI=1S/C27H26N4O4S/c28-23-10-3-1-8-20(23)18-6-5-7-19(16-18)31-26-21-9-2-4-11-24(21)36(33,34)17-22(26)25(29-31)27(32)30-12-14-35-15-13-30/h1-11,16,33-34H,12-15,17,28H2. The summed E-state index contributed by atoms with van der Waals surface area (Å²) in [7, 11) is -3.13. The highest BCUT2D eigenvalue weighted by molar-refractivity contribution is 8.23. The van der Waals surface area contributed by atoms with Crippen molar-refractivity contribution in [3.63, 3.8) is 0 Å². The van der Waals surface area contributed by atoms with E-state index < -0.39 is 10.6 Å². The number of para-hydroxylation sites is 1. The first-order valence-electron chi connectivity index (χ1n) is 11.7. The maximum atomic E-state index is 13.6. The second kappa shape index (κ2) is 8.79. The molecule has 1 amide bonds. The monoisotopic (exact) mass is 502 g/mol. The van der Waals surface area contributed by atoms with Crippen LogP contribution in [0.25, 0.3) is 28.1 Å². The van der Waals surface area contributed by atoms with Gasteiger partial charge in [0, 0.05) is 35.5 Å². The van der Waals surface area contributed by atoms with E-state index in [1.54, 1.807) is 21.7 Å². The molecule has 3 aromatic carbocycles. The van der Waals surface area contributed by atoms with Gasteiger partial charge in [-0.3, -0.25) is 13.9 Å². The molecule has 3 heterocycles. The van der Waals surface area contributed by atoms with Gasteiger partial charge in [0.15, 0.2) is 5.69 Å². The minimum Gasteiger partial charge on any atom is -0.398 e. The molecule has 36 heavy (non-hydrogen) atoms. The van der Waals surface area contributed by atoms with Crippen LogP contribution in [-0.2, 0) is 10.5 Å². The number of aromatic nitrogens is 2. The summed E-state index contributed by atoms with van der Waals surface area (Å²) >= 11 is 0. The van der Waals surface area contributed by atoms with Crippen LogP contribution in [0.15, 0.2) is 77.7 Å². The lowest BCUT2D eigenvalue weighted by molar-refractivity contribution is 0.0298. The van der Waals surface area contributed by atoms with Crippen LogP contribution in [0.1, 0.15) is 16.1 Å². The van der Waals surface area contributed by atoms with Crippen LogP contribution in [0, 0.1) is 0 Å².